The first-order chi connectivity index (χ1) is 13.3. The molecule has 3 unspecified atom stereocenters. The van der Waals surface area contributed by atoms with E-state index in [1.54, 1.807) is 0 Å². The van der Waals surface area contributed by atoms with Crippen molar-refractivity contribution >= 4 is 40.8 Å². The molecule has 3 atom stereocenters. The number of pyridine rings is 1. The van der Waals surface area contributed by atoms with E-state index in [-0.39, 0.29) is 24.0 Å². The van der Waals surface area contributed by atoms with Crippen LogP contribution < -0.4 is 10.6 Å². The van der Waals surface area contributed by atoms with Crippen LogP contribution in [0.25, 0.3) is 10.9 Å². The van der Waals surface area contributed by atoms with E-state index < -0.39 is 0 Å². The predicted octanol–water partition coefficient (Wildman–Crippen LogP) is 3.87. The van der Waals surface area contributed by atoms with Crippen molar-refractivity contribution in [3.63, 3.8) is 0 Å². The highest BCUT2D eigenvalue weighted by Crippen LogP contribution is 2.62. The average molecular weight is 492 g/mol. The highest BCUT2D eigenvalue weighted by molar-refractivity contribution is 14.0. The van der Waals surface area contributed by atoms with E-state index in [1.165, 1.54) is 36.6 Å². The van der Waals surface area contributed by atoms with Gasteiger partial charge in [-0.2, -0.15) is 0 Å². The molecule has 1 aromatic carbocycles. The molecule has 2 N–H and O–H groups in total. The normalized spacial score (nSPS) is 27.5. The highest BCUT2D eigenvalue weighted by Gasteiger charge is 2.66. The molecule has 6 heteroatoms. The number of nitrogens with zero attached hydrogens (tertiary/aromatic N) is 2. The van der Waals surface area contributed by atoms with E-state index in [1.807, 2.05) is 12.3 Å². The van der Waals surface area contributed by atoms with Crippen LogP contribution in [0.3, 0.4) is 0 Å². The van der Waals surface area contributed by atoms with Gasteiger partial charge in [-0.15, -0.1) is 24.0 Å². The van der Waals surface area contributed by atoms with Gasteiger partial charge in [0.05, 0.1) is 18.2 Å². The van der Waals surface area contributed by atoms with Gasteiger partial charge in [-0.05, 0) is 43.9 Å². The lowest BCUT2D eigenvalue weighted by atomic mass is 9.46. The molecule has 2 aromatic rings. The second-order valence-electron chi connectivity index (χ2n) is 8.14. The van der Waals surface area contributed by atoms with Crippen LogP contribution in [0.1, 0.15) is 38.2 Å². The summed E-state index contributed by atoms with van der Waals surface area (Å²) in [5.41, 5.74) is 2.61. The molecule has 2 heterocycles. The summed E-state index contributed by atoms with van der Waals surface area (Å²) in [4.78, 5) is 9.38. The van der Waals surface area contributed by atoms with Crippen LogP contribution in [0, 0.1) is 11.3 Å². The lowest BCUT2D eigenvalue weighted by Crippen LogP contribution is -2.72. The maximum absolute atomic E-state index is 6.05. The van der Waals surface area contributed by atoms with E-state index >= 15 is 0 Å². The van der Waals surface area contributed by atoms with Gasteiger partial charge in [-0.25, -0.2) is 4.99 Å². The number of aliphatic imine (C=N–C) groups is 1. The van der Waals surface area contributed by atoms with Crippen LogP contribution in [0.15, 0.2) is 41.5 Å². The molecule has 2 aliphatic carbocycles. The first-order valence-corrected chi connectivity index (χ1v) is 10.3. The van der Waals surface area contributed by atoms with E-state index in [2.05, 4.69) is 46.8 Å². The maximum Gasteiger partial charge on any atom is 0.191 e. The van der Waals surface area contributed by atoms with Gasteiger partial charge < -0.3 is 15.4 Å². The van der Waals surface area contributed by atoms with Crippen molar-refractivity contribution in [1.29, 1.82) is 0 Å². The van der Waals surface area contributed by atoms with E-state index in [0.717, 1.165) is 24.6 Å². The molecule has 1 aliphatic heterocycles. The predicted molar refractivity (Wildman–Crippen MR) is 123 cm³/mol. The second kappa shape index (κ2) is 8.14. The fourth-order valence-corrected chi connectivity index (χ4v) is 5.38. The molecule has 0 radical (unpaired) electrons. The topological polar surface area (TPSA) is 58.5 Å². The minimum Gasteiger partial charge on any atom is -0.377 e. The molecule has 1 saturated heterocycles. The fraction of sp³-hybridized carbons (Fsp3) is 0.545. The number of aromatic nitrogens is 1. The van der Waals surface area contributed by atoms with Gasteiger partial charge in [0.15, 0.2) is 5.96 Å². The second-order valence-corrected chi connectivity index (χ2v) is 8.14. The Bertz CT molecular complexity index is 861. The number of ether oxygens (including phenoxy) is 1. The Morgan fingerprint density at radius 1 is 1.29 bits per heavy atom. The smallest absolute Gasteiger partial charge is 0.191 e. The van der Waals surface area contributed by atoms with Crippen LogP contribution >= 0.6 is 24.0 Å². The zero-order chi connectivity index (χ0) is 18.3. The molecule has 5 rings (SSSR count). The summed E-state index contributed by atoms with van der Waals surface area (Å²) in [7, 11) is 0. The number of fused-ring (bicyclic) bond motifs is 3. The monoisotopic (exact) mass is 492 g/mol. The standard InChI is InChI=1S/C22H28N4O.HI/c1-2-23-21(25-14-15-8-12-24-18-7-4-3-6-16(15)18)26-19-17-9-13-27-20(17)22(19)10-5-11-22;/h3-4,6-8,12,17,19-20H,2,5,9-11,13-14H2,1H3,(H2,23,25,26);1H. The third kappa shape index (κ3) is 3.18. The van der Waals surface area contributed by atoms with E-state index in [0.29, 0.717) is 30.0 Å². The number of guanidine groups is 1. The first kappa shape index (κ1) is 19.9. The molecular weight excluding hydrogens is 463 g/mol. The number of halogens is 1. The van der Waals surface area contributed by atoms with Crippen LogP contribution in [0.2, 0.25) is 0 Å². The van der Waals surface area contributed by atoms with Crippen molar-refractivity contribution < 1.29 is 4.74 Å². The zero-order valence-electron chi connectivity index (χ0n) is 16.4. The number of nitrogens with one attached hydrogen (secondary N) is 2. The first-order valence-electron chi connectivity index (χ1n) is 10.3. The summed E-state index contributed by atoms with van der Waals surface area (Å²) < 4.78 is 6.05. The summed E-state index contributed by atoms with van der Waals surface area (Å²) >= 11 is 0. The number of para-hydroxylation sites is 1. The molecule has 1 spiro atoms. The zero-order valence-corrected chi connectivity index (χ0v) is 18.7. The van der Waals surface area contributed by atoms with Gasteiger partial charge in [-0.3, -0.25) is 4.98 Å². The summed E-state index contributed by atoms with van der Waals surface area (Å²) in [5, 5.41) is 8.41. The Morgan fingerprint density at radius 2 is 2.14 bits per heavy atom. The van der Waals surface area contributed by atoms with E-state index in [9.17, 15) is 0 Å². The summed E-state index contributed by atoms with van der Waals surface area (Å²) in [6, 6.07) is 10.9. The summed E-state index contributed by atoms with van der Waals surface area (Å²) in [5.74, 6) is 1.58. The average Bonchev–Trinajstić information content (AvgIpc) is 3.07. The Morgan fingerprint density at radius 3 is 2.93 bits per heavy atom. The van der Waals surface area contributed by atoms with Gasteiger partial charge in [0.1, 0.15) is 0 Å². The Balaban J connectivity index is 0.00000192. The third-order valence-corrected chi connectivity index (χ3v) is 6.82. The minimum absolute atomic E-state index is 0. The molecule has 3 fully saturated rings. The Kier molecular flexibility index (Phi) is 5.78. The quantitative estimate of drug-likeness (QED) is 0.387. The van der Waals surface area contributed by atoms with Gasteiger partial charge in [0.25, 0.3) is 0 Å². The molecule has 28 heavy (non-hydrogen) atoms. The largest absolute Gasteiger partial charge is 0.377 e. The van der Waals surface area contributed by atoms with Crippen molar-refractivity contribution in [2.75, 3.05) is 13.2 Å². The number of benzene rings is 1. The number of hydrogen-bond acceptors (Lipinski definition) is 3. The highest BCUT2D eigenvalue weighted by atomic mass is 127. The third-order valence-electron chi connectivity index (χ3n) is 6.82. The van der Waals surface area contributed by atoms with E-state index in [4.69, 9.17) is 9.73 Å². The van der Waals surface area contributed by atoms with Gasteiger partial charge >= 0.3 is 0 Å². The number of hydrogen-bond donors (Lipinski definition) is 2. The van der Waals surface area contributed by atoms with Crippen molar-refractivity contribution in [3.05, 3.63) is 42.1 Å². The Labute approximate surface area is 183 Å². The SMILES string of the molecule is CCNC(=NCc1ccnc2ccccc12)NC1C2CCOC2C12CCC2.I. The van der Waals surface area contributed by atoms with Gasteiger partial charge in [0.2, 0.25) is 0 Å². The number of rotatable bonds is 4. The molecular formula is C22H29IN4O. The lowest BCUT2D eigenvalue weighted by Gasteiger charge is -2.63. The Hall–Kier alpha value is -1.41. The van der Waals surface area contributed by atoms with Crippen molar-refractivity contribution in [3.8, 4) is 0 Å². The summed E-state index contributed by atoms with van der Waals surface area (Å²) in [6.07, 6.45) is 7.46. The van der Waals surface area contributed by atoms with Gasteiger partial charge in [0, 0.05) is 42.1 Å². The summed E-state index contributed by atoms with van der Waals surface area (Å²) in [6.45, 7) is 4.57. The van der Waals surface area contributed by atoms with Crippen molar-refractivity contribution in [2.45, 2.75) is 51.3 Å². The molecule has 3 aliphatic rings. The molecule has 0 bridgehead atoms. The van der Waals surface area contributed by atoms with Crippen LogP contribution in [-0.2, 0) is 11.3 Å². The van der Waals surface area contributed by atoms with Crippen LogP contribution in [0.5, 0.6) is 0 Å². The van der Waals surface area contributed by atoms with Crippen molar-refractivity contribution in [2.24, 2.45) is 16.3 Å². The molecule has 150 valence electrons. The molecule has 1 aromatic heterocycles. The van der Waals surface area contributed by atoms with Crippen LogP contribution in [-0.4, -0.2) is 36.2 Å². The van der Waals surface area contributed by atoms with Gasteiger partial charge in [-0.1, -0.05) is 24.6 Å². The molecule has 0 amide bonds. The van der Waals surface area contributed by atoms with Crippen LogP contribution in [0.4, 0.5) is 0 Å². The molecule has 2 saturated carbocycles. The lowest BCUT2D eigenvalue weighted by molar-refractivity contribution is -0.171. The van der Waals surface area contributed by atoms with Crippen molar-refractivity contribution in [1.82, 2.24) is 15.6 Å². The minimum atomic E-state index is 0. The fourth-order valence-electron chi connectivity index (χ4n) is 5.38. The maximum atomic E-state index is 6.05. The molecule has 5 nitrogen and oxygen atoms in total.